The number of hydrogen-bond donors (Lipinski definition) is 2. The maximum Gasteiger partial charge on any atom is 0.0575 e. The molecule has 1 aliphatic rings. The SMILES string of the molecule is NNC(CCC1CCCCO1)Cc1sccc1Br. The molecule has 0 aromatic carbocycles. The molecule has 0 saturated carbocycles. The van der Waals surface area contributed by atoms with Gasteiger partial charge in [-0.15, -0.1) is 11.3 Å². The Morgan fingerprint density at radius 3 is 3.06 bits per heavy atom. The lowest BCUT2D eigenvalue weighted by molar-refractivity contribution is 0.00859. The minimum absolute atomic E-state index is 0.338. The Morgan fingerprint density at radius 1 is 1.56 bits per heavy atom. The van der Waals surface area contributed by atoms with E-state index in [4.69, 9.17) is 10.6 Å². The average molecular weight is 333 g/mol. The van der Waals surface area contributed by atoms with Gasteiger partial charge >= 0.3 is 0 Å². The van der Waals surface area contributed by atoms with Crippen molar-refractivity contribution in [1.82, 2.24) is 5.43 Å². The smallest absolute Gasteiger partial charge is 0.0575 e. The van der Waals surface area contributed by atoms with E-state index in [1.54, 1.807) is 11.3 Å². The molecule has 0 radical (unpaired) electrons. The molecule has 2 atom stereocenters. The van der Waals surface area contributed by atoms with Gasteiger partial charge in [0.2, 0.25) is 0 Å². The van der Waals surface area contributed by atoms with E-state index < -0.39 is 0 Å². The molecule has 3 N–H and O–H groups in total. The third-order valence-corrected chi connectivity index (χ3v) is 5.42. The normalized spacial score (nSPS) is 22.0. The van der Waals surface area contributed by atoms with Crippen molar-refractivity contribution >= 4 is 27.3 Å². The molecule has 3 nitrogen and oxygen atoms in total. The van der Waals surface area contributed by atoms with Crippen LogP contribution >= 0.6 is 27.3 Å². The molecule has 0 aliphatic carbocycles. The maximum atomic E-state index is 5.76. The van der Waals surface area contributed by atoms with Gasteiger partial charge in [-0.05, 0) is 65.9 Å². The summed E-state index contributed by atoms with van der Waals surface area (Å²) < 4.78 is 6.95. The summed E-state index contributed by atoms with van der Waals surface area (Å²) >= 11 is 5.35. The fourth-order valence-electron chi connectivity index (χ4n) is 2.36. The fraction of sp³-hybridized carbons (Fsp3) is 0.692. The minimum Gasteiger partial charge on any atom is -0.378 e. The molecule has 18 heavy (non-hydrogen) atoms. The number of thiophene rings is 1. The number of nitrogens with two attached hydrogens (primary N) is 1. The standard InChI is InChI=1S/C13H21BrN2OS/c14-12-6-8-18-13(12)9-10(16-15)4-5-11-3-1-2-7-17-11/h6,8,10-11,16H,1-5,7,9,15H2. The topological polar surface area (TPSA) is 47.3 Å². The summed E-state index contributed by atoms with van der Waals surface area (Å²) in [5.74, 6) is 5.65. The van der Waals surface area contributed by atoms with Crippen LogP contribution in [0.15, 0.2) is 15.9 Å². The van der Waals surface area contributed by atoms with E-state index in [-0.39, 0.29) is 0 Å². The molecular formula is C13H21BrN2OS. The van der Waals surface area contributed by atoms with Gasteiger partial charge in [0.05, 0.1) is 6.10 Å². The van der Waals surface area contributed by atoms with Crippen LogP contribution < -0.4 is 11.3 Å². The van der Waals surface area contributed by atoms with E-state index in [2.05, 4.69) is 32.8 Å². The Labute approximate surface area is 121 Å². The second-order valence-electron chi connectivity index (χ2n) is 4.83. The first-order valence-electron chi connectivity index (χ1n) is 6.59. The van der Waals surface area contributed by atoms with E-state index in [0.29, 0.717) is 12.1 Å². The quantitative estimate of drug-likeness (QED) is 0.621. The van der Waals surface area contributed by atoms with Crippen LogP contribution in [0, 0.1) is 0 Å². The van der Waals surface area contributed by atoms with Crippen LogP contribution in [0.4, 0.5) is 0 Å². The highest BCUT2D eigenvalue weighted by Gasteiger charge is 2.17. The lowest BCUT2D eigenvalue weighted by Crippen LogP contribution is -2.37. The predicted molar refractivity (Wildman–Crippen MR) is 79.7 cm³/mol. The van der Waals surface area contributed by atoms with Crippen LogP contribution in [0.5, 0.6) is 0 Å². The van der Waals surface area contributed by atoms with Crippen molar-refractivity contribution in [3.05, 3.63) is 20.8 Å². The summed E-state index contributed by atoms with van der Waals surface area (Å²) in [6.45, 7) is 0.932. The molecule has 1 fully saturated rings. The Kier molecular flexibility index (Phi) is 6.11. The number of hydrazine groups is 1. The van der Waals surface area contributed by atoms with Gasteiger partial charge in [-0.3, -0.25) is 11.3 Å². The van der Waals surface area contributed by atoms with E-state index in [1.165, 1.54) is 28.6 Å². The first-order chi connectivity index (χ1) is 8.79. The lowest BCUT2D eigenvalue weighted by atomic mass is 10.00. The van der Waals surface area contributed by atoms with Crippen molar-refractivity contribution in [3.63, 3.8) is 0 Å². The molecule has 1 aromatic rings. The summed E-state index contributed by atoms with van der Waals surface area (Å²) in [7, 11) is 0. The van der Waals surface area contributed by atoms with Crippen LogP contribution in [0.1, 0.15) is 37.0 Å². The third kappa shape index (κ3) is 4.31. The van der Waals surface area contributed by atoms with Gasteiger partial charge in [0.25, 0.3) is 0 Å². The predicted octanol–water partition coefficient (Wildman–Crippen LogP) is 3.23. The number of ether oxygens (including phenoxy) is 1. The Bertz CT molecular complexity index is 353. The average Bonchev–Trinajstić information content (AvgIpc) is 2.81. The number of nitrogens with one attached hydrogen (secondary N) is 1. The number of halogens is 1. The van der Waals surface area contributed by atoms with E-state index in [0.717, 1.165) is 25.9 Å². The molecule has 1 aliphatic heterocycles. The zero-order chi connectivity index (χ0) is 12.8. The number of hydrogen-bond acceptors (Lipinski definition) is 4. The summed E-state index contributed by atoms with van der Waals surface area (Å²) in [6.07, 6.45) is 7.35. The molecule has 1 aromatic heterocycles. The van der Waals surface area contributed by atoms with Crippen molar-refractivity contribution in [3.8, 4) is 0 Å². The molecule has 2 heterocycles. The molecular weight excluding hydrogens is 312 g/mol. The van der Waals surface area contributed by atoms with Gasteiger partial charge in [-0.2, -0.15) is 0 Å². The summed E-state index contributed by atoms with van der Waals surface area (Å²) in [5.41, 5.74) is 2.94. The van der Waals surface area contributed by atoms with Gasteiger partial charge in [-0.1, -0.05) is 0 Å². The zero-order valence-corrected chi connectivity index (χ0v) is 12.9. The fourth-order valence-corrected chi connectivity index (χ4v) is 3.96. The zero-order valence-electron chi connectivity index (χ0n) is 10.5. The molecule has 0 amide bonds. The van der Waals surface area contributed by atoms with Gasteiger partial charge in [-0.25, -0.2) is 0 Å². The first-order valence-corrected chi connectivity index (χ1v) is 8.26. The molecule has 0 bridgehead atoms. The van der Waals surface area contributed by atoms with E-state index >= 15 is 0 Å². The van der Waals surface area contributed by atoms with Crippen LogP contribution in [-0.2, 0) is 11.2 Å². The summed E-state index contributed by atoms with van der Waals surface area (Å²) in [5, 5.41) is 2.11. The van der Waals surface area contributed by atoms with Crippen molar-refractivity contribution in [2.24, 2.45) is 5.84 Å². The largest absolute Gasteiger partial charge is 0.378 e. The van der Waals surface area contributed by atoms with Crippen LogP contribution in [0.2, 0.25) is 0 Å². The monoisotopic (exact) mass is 332 g/mol. The Morgan fingerprint density at radius 2 is 2.44 bits per heavy atom. The second kappa shape index (κ2) is 7.60. The molecule has 1 saturated heterocycles. The first kappa shape index (κ1) is 14.5. The molecule has 102 valence electrons. The lowest BCUT2D eigenvalue weighted by Gasteiger charge is -2.24. The highest BCUT2D eigenvalue weighted by molar-refractivity contribution is 9.10. The summed E-state index contributed by atoms with van der Waals surface area (Å²) in [6, 6.07) is 2.43. The number of rotatable bonds is 6. The second-order valence-corrected chi connectivity index (χ2v) is 6.68. The van der Waals surface area contributed by atoms with E-state index in [1.807, 2.05) is 0 Å². The highest BCUT2D eigenvalue weighted by Crippen LogP contribution is 2.25. The van der Waals surface area contributed by atoms with Crippen LogP contribution in [0.3, 0.4) is 0 Å². The minimum atomic E-state index is 0.338. The van der Waals surface area contributed by atoms with Gasteiger partial charge in [0.15, 0.2) is 0 Å². The van der Waals surface area contributed by atoms with Gasteiger partial charge in [0.1, 0.15) is 0 Å². The molecule has 2 rings (SSSR count). The van der Waals surface area contributed by atoms with Gasteiger partial charge in [0, 0.05) is 22.0 Å². The van der Waals surface area contributed by atoms with E-state index in [9.17, 15) is 0 Å². The van der Waals surface area contributed by atoms with Crippen molar-refractivity contribution in [2.45, 2.75) is 50.7 Å². The van der Waals surface area contributed by atoms with Crippen molar-refractivity contribution < 1.29 is 4.74 Å². The van der Waals surface area contributed by atoms with Crippen molar-refractivity contribution in [1.29, 1.82) is 0 Å². The van der Waals surface area contributed by atoms with Crippen LogP contribution in [-0.4, -0.2) is 18.8 Å². The molecule has 0 spiro atoms. The molecule has 5 heteroatoms. The van der Waals surface area contributed by atoms with Crippen molar-refractivity contribution in [2.75, 3.05) is 6.61 Å². The maximum absolute atomic E-state index is 5.76. The molecule has 2 unspecified atom stereocenters. The Hall–Kier alpha value is 0.0600. The van der Waals surface area contributed by atoms with Crippen LogP contribution in [0.25, 0.3) is 0 Å². The highest BCUT2D eigenvalue weighted by atomic mass is 79.9. The third-order valence-electron chi connectivity index (χ3n) is 3.47. The van der Waals surface area contributed by atoms with Gasteiger partial charge < -0.3 is 4.74 Å². The Balaban J connectivity index is 1.76. The summed E-state index contributed by atoms with van der Waals surface area (Å²) in [4.78, 5) is 1.36.